The Bertz CT molecular complexity index is 840. The van der Waals surface area contributed by atoms with E-state index in [1.165, 1.54) is 12.1 Å². The Kier molecular flexibility index (Phi) is 5.17. The van der Waals surface area contributed by atoms with Crippen LogP contribution in [-0.4, -0.2) is 12.4 Å². The molecular formula is C23H23F2N. The second kappa shape index (κ2) is 7.36. The van der Waals surface area contributed by atoms with Crippen LogP contribution in [0.1, 0.15) is 25.0 Å². The molecule has 2 aromatic rings. The largest absolute Gasteiger partial charge is 0.285 e. The lowest BCUT2D eigenvalue weighted by atomic mass is 9.81. The number of aliphatic imine (C=N–C) groups is 1. The summed E-state index contributed by atoms with van der Waals surface area (Å²) >= 11 is 0. The molecule has 0 heterocycles. The highest BCUT2D eigenvalue weighted by Gasteiger charge is 2.33. The summed E-state index contributed by atoms with van der Waals surface area (Å²) < 4.78 is 29.0. The van der Waals surface area contributed by atoms with Crippen molar-refractivity contribution in [2.75, 3.05) is 0 Å². The molecule has 1 aliphatic rings. The highest BCUT2D eigenvalue weighted by Crippen LogP contribution is 2.34. The minimum atomic E-state index is -1.15. The van der Waals surface area contributed by atoms with E-state index in [1.54, 1.807) is 43.5 Å². The SMILES string of the molecule is CC(Cc1ccccc1)(N=CC1(C)C=CC=CC1F)c1ccccc1F. The van der Waals surface area contributed by atoms with Crippen molar-refractivity contribution in [3.05, 3.63) is 95.8 Å². The molecule has 3 heteroatoms. The number of nitrogens with zero attached hydrogens (tertiary/aromatic N) is 1. The fraction of sp³-hybridized carbons (Fsp3) is 0.261. The van der Waals surface area contributed by atoms with Crippen LogP contribution >= 0.6 is 0 Å². The maximum Gasteiger partial charge on any atom is 0.132 e. The van der Waals surface area contributed by atoms with Crippen molar-refractivity contribution in [3.8, 4) is 0 Å². The lowest BCUT2D eigenvalue weighted by Crippen LogP contribution is -2.31. The van der Waals surface area contributed by atoms with Gasteiger partial charge in [-0.1, -0.05) is 66.8 Å². The molecule has 26 heavy (non-hydrogen) atoms. The van der Waals surface area contributed by atoms with Crippen molar-refractivity contribution >= 4 is 6.21 Å². The van der Waals surface area contributed by atoms with Crippen molar-refractivity contribution in [2.24, 2.45) is 10.4 Å². The van der Waals surface area contributed by atoms with Gasteiger partial charge >= 0.3 is 0 Å². The van der Waals surface area contributed by atoms with Crippen LogP contribution in [0.3, 0.4) is 0 Å². The van der Waals surface area contributed by atoms with Crippen LogP contribution in [-0.2, 0) is 12.0 Å². The molecule has 0 radical (unpaired) electrons. The number of hydrogen-bond acceptors (Lipinski definition) is 1. The van der Waals surface area contributed by atoms with Gasteiger partial charge in [-0.15, -0.1) is 0 Å². The van der Waals surface area contributed by atoms with Gasteiger partial charge in [0.15, 0.2) is 0 Å². The van der Waals surface area contributed by atoms with E-state index in [4.69, 9.17) is 4.99 Å². The van der Waals surface area contributed by atoms with Crippen LogP contribution < -0.4 is 0 Å². The van der Waals surface area contributed by atoms with Gasteiger partial charge in [-0.25, -0.2) is 8.78 Å². The van der Waals surface area contributed by atoms with Crippen molar-refractivity contribution in [1.82, 2.24) is 0 Å². The third-order valence-corrected chi connectivity index (χ3v) is 4.91. The molecule has 2 aromatic carbocycles. The molecule has 0 N–H and O–H groups in total. The molecule has 3 unspecified atom stereocenters. The van der Waals surface area contributed by atoms with Crippen LogP contribution in [0.2, 0.25) is 0 Å². The Morgan fingerprint density at radius 3 is 2.46 bits per heavy atom. The van der Waals surface area contributed by atoms with E-state index in [-0.39, 0.29) is 5.82 Å². The summed E-state index contributed by atoms with van der Waals surface area (Å²) in [7, 11) is 0. The van der Waals surface area contributed by atoms with Gasteiger partial charge in [-0.2, -0.15) is 0 Å². The number of rotatable bonds is 5. The summed E-state index contributed by atoms with van der Waals surface area (Å²) in [6, 6.07) is 16.5. The second-order valence-electron chi connectivity index (χ2n) is 7.19. The van der Waals surface area contributed by atoms with E-state index in [0.717, 1.165) is 5.56 Å². The van der Waals surface area contributed by atoms with Crippen LogP contribution in [0.5, 0.6) is 0 Å². The summed E-state index contributed by atoms with van der Waals surface area (Å²) in [6.45, 7) is 3.69. The maximum atomic E-state index is 14.6. The number of allylic oxidation sites excluding steroid dienone is 4. The minimum absolute atomic E-state index is 0.302. The zero-order chi connectivity index (χ0) is 18.6. The first-order valence-electron chi connectivity index (χ1n) is 8.78. The Hall–Kier alpha value is -2.55. The molecular weight excluding hydrogens is 328 g/mol. The van der Waals surface area contributed by atoms with Crippen LogP contribution in [0.25, 0.3) is 0 Å². The Labute approximate surface area is 153 Å². The number of benzene rings is 2. The van der Waals surface area contributed by atoms with E-state index >= 15 is 0 Å². The van der Waals surface area contributed by atoms with E-state index in [9.17, 15) is 8.78 Å². The molecule has 1 nitrogen and oxygen atoms in total. The van der Waals surface area contributed by atoms with Crippen LogP contribution in [0.15, 0.2) is 83.9 Å². The monoisotopic (exact) mass is 351 g/mol. The van der Waals surface area contributed by atoms with Gasteiger partial charge in [0.05, 0.1) is 11.0 Å². The third-order valence-electron chi connectivity index (χ3n) is 4.91. The lowest BCUT2D eigenvalue weighted by Gasteiger charge is -2.31. The smallest absolute Gasteiger partial charge is 0.132 e. The first kappa shape index (κ1) is 18.2. The molecule has 0 amide bonds. The van der Waals surface area contributed by atoms with Crippen molar-refractivity contribution in [3.63, 3.8) is 0 Å². The summed E-state index contributed by atoms with van der Waals surface area (Å²) in [5, 5.41) is 0. The fourth-order valence-electron chi connectivity index (χ4n) is 3.22. The van der Waals surface area contributed by atoms with Crippen molar-refractivity contribution in [2.45, 2.75) is 32.0 Å². The van der Waals surface area contributed by atoms with Gasteiger partial charge in [-0.05, 0) is 31.6 Å². The molecule has 1 aliphatic carbocycles. The van der Waals surface area contributed by atoms with Gasteiger partial charge in [0, 0.05) is 18.2 Å². The standard InChI is InChI=1S/C23H23F2N/c1-22(15-9-8-14-21(22)25)17-26-23(2,16-18-10-4-3-5-11-18)19-12-6-7-13-20(19)24/h3-15,17,21H,16H2,1-2H3. The summed E-state index contributed by atoms with van der Waals surface area (Å²) in [6.07, 6.45) is 7.83. The van der Waals surface area contributed by atoms with E-state index in [0.29, 0.717) is 12.0 Å². The molecule has 0 aromatic heterocycles. The normalized spacial score (nSPS) is 24.7. The highest BCUT2D eigenvalue weighted by atomic mass is 19.1. The summed E-state index contributed by atoms with van der Waals surface area (Å²) in [5.74, 6) is -0.302. The Morgan fingerprint density at radius 1 is 1.08 bits per heavy atom. The molecule has 0 fully saturated rings. The zero-order valence-electron chi connectivity index (χ0n) is 15.1. The molecule has 0 saturated heterocycles. The Morgan fingerprint density at radius 2 is 1.77 bits per heavy atom. The van der Waals surface area contributed by atoms with Gasteiger partial charge < -0.3 is 0 Å². The van der Waals surface area contributed by atoms with Gasteiger partial charge in [0.2, 0.25) is 0 Å². The first-order chi connectivity index (χ1) is 12.4. The first-order valence-corrected chi connectivity index (χ1v) is 8.78. The van der Waals surface area contributed by atoms with Gasteiger partial charge in [0.1, 0.15) is 12.0 Å². The van der Waals surface area contributed by atoms with E-state index < -0.39 is 17.1 Å². The van der Waals surface area contributed by atoms with Crippen molar-refractivity contribution < 1.29 is 8.78 Å². The minimum Gasteiger partial charge on any atom is -0.285 e. The maximum absolute atomic E-state index is 14.6. The van der Waals surface area contributed by atoms with Crippen molar-refractivity contribution in [1.29, 1.82) is 0 Å². The summed E-state index contributed by atoms with van der Waals surface area (Å²) in [5.41, 5.74) is -0.103. The molecule has 0 aliphatic heterocycles. The molecule has 0 saturated carbocycles. The Balaban J connectivity index is 2.01. The molecule has 0 spiro atoms. The molecule has 134 valence electrons. The fourth-order valence-corrected chi connectivity index (χ4v) is 3.22. The van der Waals surface area contributed by atoms with E-state index in [2.05, 4.69) is 0 Å². The quantitative estimate of drug-likeness (QED) is 0.602. The van der Waals surface area contributed by atoms with Crippen LogP contribution in [0.4, 0.5) is 8.78 Å². The van der Waals surface area contributed by atoms with Crippen LogP contribution in [0, 0.1) is 11.2 Å². The molecule has 3 atom stereocenters. The molecule has 0 bridgehead atoms. The van der Waals surface area contributed by atoms with Gasteiger partial charge in [-0.3, -0.25) is 4.99 Å². The third kappa shape index (κ3) is 3.82. The predicted molar refractivity (Wildman–Crippen MR) is 104 cm³/mol. The van der Waals surface area contributed by atoms with Gasteiger partial charge in [0.25, 0.3) is 0 Å². The lowest BCUT2D eigenvalue weighted by molar-refractivity contribution is 0.289. The highest BCUT2D eigenvalue weighted by molar-refractivity contribution is 5.71. The molecule has 3 rings (SSSR count). The average molecular weight is 351 g/mol. The number of alkyl halides is 1. The zero-order valence-corrected chi connectivity index (χ0v) is 15.1. The second-order valence-corrected chi connectivity index (χ2v) is 7.19. The topological polar surface area (TPSA) is 12.4 Å². The number of halogens is 2. The summed E-state index contributed by atoms with van der Waals surface area (Å²) in [4.78, 5) is 4.74. The van der Waals surface area contributed by atoms with E-state index in [1.807, 2.05) is 43.3 Å². The predicted octanol–water partition coefficient (Wildman–Crippen LogP) is 5.82. The number of hydrogen-bond donors (Lipinski definition) is 0. The average Bonchev–Trinajstić information content (AvgIpc) is 2.64.